The largest absolute Gasteiger partial charge is 0.301 e. The van der Waals surface area contributed by atoms with Crippen LogP contribution in [0.1, 0.15) is 23.9 Å². The van der Waals surface area contributed by atoms with Crippen LogP contribution in [0.3, 0.4) is 0 Å². The number of hydrogen-bond acceptors (Lipinski definition) is 5. The van der Waals surface area contributed by atoms with Crippen LogP contribution in [-0.4, -0.2) is 25.1 Å². The maximum atomic E-state index is 12.2. The normalized spacial score (nSPS) is 17.5. The van der Waals surface area contributed by atoms with Crippen molar-refractivity contribution in [2.24, 2.45) is 5.92 Å². The Hall–Kier alpha value is -1.73. The van der Waals surface area contributed by atoms with Gasteiger partial charge in [-0.05, 0) is 37.3 Å². The van der Waals surface area contributed by atoms with E-state index in [1.54, 1.807) is 18.2 Å². The van der Waals surface area contributed by atoms with Crippen molar-refractivity contribution in [1.29, 1.82) is 0 Å². The number of aryl methyl sites for hydroxylation is 1. The van der Waals surface area contributed by atoms with E-state index in [1.165, 1.54) is 28.3 Å². The number of rotatable bonds is 4. The zero-order chi connectivity index (χ0) is 16.4. The summed E-state index contributed by atoms with van der Waals surface area (Å²) >= 11 is 1.45. The molecule has 7 heteroatoms. The molecule has 5 nitrogen and oxygen atoms in total. The number of sulfone groups is 1. The first-order chi connectivity index (χ1) is 10.9. The highest BCUT2D eigenvalue weighted by Crippen LogP contribution is 2.32. The average Bonchev–Trinajstić information content (AvgIpc) is 2.88. The van der Waals surface area contributed by atoms with Crippen LogP contribution < -0.4 is 5.32 Å². The monoisotopic (exact) mass is 350 g/mol. The molecule has 1 aliphatic carbocycles. The number of nitrogens with one attached hydrogen (secondary N) is 1. The van der Waals surface area contributed by atoms with Crippen molar-refractivity contribution in [2.75, 3.05) is 11.1 Å². The summed E-state index contributed by atoms with van der Waals surface area (Å²) in [5.74, 6) is -0.490. The van der Waals surface area contributed by atoms with Crippen LogP contribution >= 0.6 is 11.3 Å². The standard InChI is InChI=1S/C16H18N2O3S2/c1-11-7-8-13-14(9-11)22-16(17-13)18-15(19)10-23(20,21)12-5-3-2-4-6-12/h2-6,11H,7-10H2,1H3,(H,17,18,19)/t11-/m0/s1. The minimum absolute atomic E-state index is 0.155. The number of amides is 1. The van der Waals surface area contributed by atoms with Gasteiger partial charge in [-0.1, -0.05) is 25.1 Å². The molecule has 1 heterocycles. The summed E-state index contributed by atoms with van der Waals surface area (Å²) in [6.45, 7) is 2.20. The second-order valence-electron chi connectivity index (χ2n) is 5.86. The van der Waals surface area contributed by atoms with E-state index in [1.807, 2.05) is 0 Å². The van der Waals surface area contributed by atoms with Crippen LogP contribution in [-0.2, 0) is 27.5 Å². The van der Waals surface area contributed by atoms with E-state index in [2.05, 4.69) is 17.2 Å². The molecule has 0 radical (unpaired) electrons. The Bertz CT molecular complexity index is 813. The molecule has 0 bridgehead atoms. The Kier molecular flexibility index (Phi) is 4.50. The summed E-state index contributed by atoms with van der Waals surface area (Å²) in [6, 6.07) is 8.00. The highest BCUT2D eigenvalue weighted by Gasteiger charge is 2.23. The van der Waals surface area contributed by atoms with Crippen molar-refractivity contribution in [3.63, 3.8) is 0 Å². The molecule has 0 aliphatic heterocycles. The average molecular weight is 350 g/mol. The van der Waals surface area contributed by atoms with Crippen LogP contribution in [0, 0.1) is 5.92 Å². The maximum absolute atomic E-state index is 12.2. The molecule has 0 saturated carbocycles. The molecule has 0 unspecified atom stereocenters. The summed E-state index contributed by atoms with van der Waals surface area (Å²) in [7, 11) is -3.63. The maximum Gasteiger partial charge on any atom is 0.241 e. The lowest BCUT2D eigenvalue weighted by molar-refractivity contribution is -0.113. The van der Waals surface area contributed by atoms with E-state index >= 15 is 0 Å². The second-order valence-corrected chi connectivity index (χ2v) is 8.93. The summed E-state index contributed by atoms with van der Waals surface area (Å²) in [6.07, 6.45) is 3.00. The lowest BCUT2D eigenvalue weighted by atomic mass is 9.93. The molecule has 1 N–H and O–H groups in total. The minimum Gasteiger partial charge on any atom is -0.301 e. The summed E-state index contributed by atoms with van der Waals surface area (Å²) in [4.78, 5) is 17.8. The molecule has 1 aliphatic rings. The van der Waals surface area contributed by atoms with Gasteiger partial charge in [0, 0.05) is 4.88 Å². The molecular formula is C16H18N2O3S2. The summed E-state index contributed by atoms with van der Waals surface area (Å²) < 4.78 is 24.4. The first-order valence-electron chi connectivity index (χ1n) is 7.50. The summed E-state index contributed by atoms with van der Waals surface area (Å²) in [5, 5.41) is 3.13. The number of carbonyl (C=O) groups excluding carboxylic acids is 1. The lowest BCUT2D eigenvalue weighted by Crippen LogP contribution is -2.22. The van der Waals surface area contributed by atoms with Gasteiger partial charge in [0.2, 0.25) is 5.91 Å². The third-order valence-corrected chi connectivity index (χ3v) is 6.52. The number of carbonyl (C=O) groups is 1. The third kappa shape index (κ3) is 3.79. The molecule has 0 fully saturated rings. The molecule has 2 aromatic rings. The van der Waals surface area contributed by atoms with E-state index in [9.17, 15) is 13.2 Å². The van der Waals surface area contributed by atoms with Gasteiger partial charge in [0.15, 0.2) is 15.0 Å². The predicted molar refractivity (Wildman–Crippen MR) is 90.4 cm³/mol. The number of nitrogens with zero attached hydrogens (tertiary/aromatic N) is 1. The number of aromatic nitrogens is 1. The van der Waals surface area contributed by atoms with Gasteiger partial charge in [0.05, 0.1) is 10.6 Å². The first-order valence-corrected chi connectivity index (χ1v) is 9.97. The van der Waals surface area contributed by atoms with Crippen molar-refractivity contribution in [3.05, 3.63) is 40.9 Å². The highest BCUT2D eigenvalue weighted by molar-refractivity contribution is 7.92. The van der Waals surface area contributed by atoms with Crippen LogP contribution in [0.15, 0.2) is 35.2 Å². The van der Waals surface area contributed by atoms with E-state index in [0.717, 1.165) is 25.0 Å². The van der Waals surface area contributed by atoms with E-state index in [4.69, 9.17) is 0 Å². The SMILES string of the molecule is C[C@H]1CCc2nc(NC(=O)CS(=O)(=O)c3ccccc3)sc2C1. The highest BCUT2D eigenvalue weighted by atomic mass is 32.2. The van der Waals surface area contributed by atoms with Gasteiger partial charge < -0.3 is 5.32 Å². The Morgan fingerprint density at radius 1 is 1.35 bits per heavy atom. The third-order valence-electron chi connectivity index (χ3n) is 3.86. The molecule has 122 valence electrons. The molecule has 1 aromatic carbocycles. The number of thiazole rings is 1. The molecule has 3 rings (SSSR count). The van der Waals surface area contributed by atoms with E-state index in [0.29, 0.717) is 11.0 Å². The number of hydrogen-bond donors (Lipinski definition) is 1. The molecule has 23 heavy (non-hydrogen) atoms. The zero-order valence-electron chi connectivity index (χ0n) is 12.8. The topological polar surface area (TPSA) is 76.1 Å². The van der Waals surface area contributed by atoms with Crippen molar-refractivity contribution >= 4 is 32.2 Å². The summed E-state index contributed by atoms with van der Waals surface area (Å²) in [5.41, 5.74) is 1.04. The molecule has 0 saturated heterocycles. The zero-order valence-corrected chi connectivity index (χ0v) is 14.4. The molecule has 1 aromatic heterocycles. The van der Waals surface area contributed by atoms with Gasteiger partial charge in [-0.25, -0.2) is 13.4 Å². The van der Waals surface area contributed by atoms with Crippen LogP contribution in [0.5, 0.6) is 0 Å². The van der Waals surface area contributed by atoms with Crippen molar-refractivity contribution in [2.45, 2.75) is 31.1 Å². The minimum atomic E-state index is -3.63. The number of anilines is 1. The smallest absolute Gasteiger partial charge is 0.241 e. The number of benzene rings is 1. The fraction of sp³-hybridized carbons (Fsp3) is 0.375. The Morgan fingerprint density at radius 3 is 2.83 bits per heavy atom. The van der Waals surface area contributed by atoms with Crippen LogP contribution in [0.25, 0.3) is 0 Å². The van der Waals surface area contributed by atoms with Gasteiger partial charge in [-0.15, -0.1) is 11.3 Å². The van der Waals surface area contributed by atoms with E-state index in [-0.39, 0.29) is 4.90 Å². The number of fused-ring (bicyclic) bond motifs is 1. The lowest BCUT2D eigenvalue weighted by Gasteiger charge is -2.15. The van der Waals surface area contributed by atoms with Gasteiger partial charge in [-0.2, -0.15) is 0 Å². The quantitative estimate of drug-likeness (QED) is 0.920. The molecular weight excluding hydrogens is 332 g/mol. The Labute approximate surface area is 139 Å². The molecule has 1 amide bonds. The predicted octanol–water partition coefficient (Wildman–Crippen LogP) is 2.68. The Morgan fingerprint density at radius 2 is 2.09 bits per heavy atom. The van der Waals surface area contributed by atoms with Gasteiger partial charge >= 0.3 is 0 Å². The second kappa shape index (κ2) is 6.41. The molecule has 0 spiro atoms. The first kappa shape index (κ1) is 16.1. The van der Waals surface area contributed by atoms with E-state index < -0.39 is 21.5 Å². The van der Waals surface area contributed by atoms with Gasteiger partial charge in [-0.3, -0.25) is 4.79 Å². The van der Waals surface area contributed by atoms with Crippen molar-refractivity contribution in [3.8, 4) is 0 Å². The Balaban J connectivity index is 1.68. The van der Waals surface area contributed by atoms with Crippen LogP contribution in [0.4, 0.5) is 5.13 Å². The molecule has 1 atom stereocenters. The fourth-order valence-corrected chi connectivity index (χ4v) is 4.98. The van der Waals surface area contributed by atoms with Crippen molar-refractivity contribution in [1.82, 2.24) is 4.98 Å². The van der Waals surface area contributed by atoms with Gasteiger partial charge in [0.25, 0.3) is 0 Å². The van der Waals surface area contributed by atoms with Gasteiger partial charge in [0.1, 0.15) is 5.75 Å². The fourth-order valence-electron chi connectivity index (χ4n) is 2.63. The van der Waals surface area contributed by atoms with Crippen LogP contribution in [0.2, 0.25) is 0 Å². The van der Waals surface area contributed by atoms with Crippen molar-refractivity contribution < 1.29 is 13.2 Å².